The Bertz CT molecular complexity index is 663. The Hall–Kier alpha value is -2.30. The number of benzene rings is 1. The lowest BCUT2D eigenvalue weighted by molar-refractivity contribution is -0.129. The van der Waals surface area contributed by atoms with Gasteiger partial charge in [0, 0.05) is 50.1 Å². The van der Waals surface area contributed by atoms with E-state index in [0.717, 1.165) is 18.4 Å². The Labute approximate surface area is 137 Å². The van der Waals surface area contributed by atoms with E-state index in [4.69, 9.17) is 0 Å². The van der Waals surface area contributed by atoms with Gasteiger partial charge >= 0.3 is 0 Å². The van der Waals surface area contributed by atoms with Gasteiger partial charge in [0.05, 0.1) is 0 Å². The van der Waals surface area contributed by atoms with E-state index < -0.39 is 0 Å². The standard InChI is InChI=1S/C18H25N3O2/c1-3-10-19-18(23)9-12-21(14(2)22)11-8-15-13-20-17-7-5-4-6-16(15)17/h4-7,13,20H,3,8-12H2,1-2H3,(H,19,23). The largest absolute Gasteiger partial charge is 0.361 e. The summed E-state index contributed by atoms with van der Waals surface area (Å²) in [5.41, 5.74) is 2.30. The molecule has 2 amide bonds. The first-order valence-corrected chi connectivity index (χ1v) is 8.19. The minimum atomic E-state index is 0.00481. The van der Waals surface area contributed by atoms with Crippen LogP contribution in [-0.2, 0) is 16.0 Å². The molecular weight excluding hydrogens is 290 g/mol. The van der Waals surface area contributed by atoms with E-state index >= 15 is 0 Å². The van der Waals surface area contributed by atoms with Gasteiger partial charge in [0.25, 0.3) is 0 Å². The van der Waals surface area contributed by atoms with Crippen LogP contribution in [0.5, 0.6) is 0 Å². The number of amides is 2. The Kier molecular flexibility index (Phi) is 6.20. The van der Waals surface area contributed by atoms with Crippen LogP contribution in [0.1, 0.15) is 32.3 Å². The third-order valence-corrected chi connectivity index (χ3v) is 3.95. The number of nitrogens with one attached hydrogen (secondary N) is 2. The SMILES string of the molecule is CCCNC(=O)CCN(CCc1c[nH]c2ccccc12)C(C)=O. The summed E-state index contributed by atoms with van der Waals surface area (Å²) in [4.78, 5) is 28.5. The van der Waals surface area contributed by atoms with Gasteiger partial charge in [0.15, 0.2) is 0 Å². The fourth-order valence-electron chi connectivity index (χ4n) is 2.61. The molecule has 1 aromatic carbocycles. The molecule has 2 aromatic rings. The van der Waals surface area contributed by atoms with Gasteiger partial charge in [-0.1, -0.05) is 25.1 Å². The molecule has 1 aromatic heterocycles. The van der Waals surface area contributed by atoms with Crippen molar-refractivity contribution in [1.82, 2.24) is 15.2 Å². The van der Waals surface area contributed by atoms with Crippen LogP contribution in [0.4, 0.5) is 0 Å². The lowest BCUT2D eigenvalue weighted by Crippen LogP contribution is -2.35. The molecule has 0 aliphatic rings. The predicted octanol–water partition coefficient (Wildman–Crippen LogP) is 2.48. The first kappa shape index (κ1) is 17.1. The maximum atomic E-state index is 11.8. The summed E-state index contributed by atoms with van der Waals surface area (Å²) in [6.07, 6.45) is 4.05. The zero-order chi connectivity index (χ0) is 16.7. The number of carbonyl (C=O) groups excluding carboxylic acids is 2. The van der Waals surface area contributed by atoms with Crippen LogP contribution in [0.3, 0.4) is 0 Å². The number of para-hydroxylation sites is 1. The van der Waals surface area contributed by atoms with E-state index in [0.29, 0.717) is 26.1 Å². The fraction of sp³-hybridized carbons (Fsp3) is 0.444. The summed E-state index contributed by atoms with van der Waals surface area (Å²) in [6, 6.07) is 8.14. The highest BCUT2D eigenvalue weighted by Crippen LogP contribution is 2.18. The average molecular weight is 315 g/mol. The number of nitrogens with zero attached hydrogens (tertiary/aromatic N) is 1. The van der Waals surface area contributed by atoms with Crippen molar-refractivity contribution in [1.29, 1.82) is 0 Å². The molecule has 0 atom stereocenters. The van der Waals surface area contributed by atoms with Gasteiger partial charge in [-0.2, -0.15) is 0 Å². The summed E-state index contributed by atoms with van der Waals surface area (Å²) in [6.45, 7) is 5.35. The molecule has 5 heteroatoms. The fourth-order valence-corrected chi connectivity index (χ4v) is 2.61. The zero-order valence-corrected chi connectivity index (χ0v) is 13.9. The lowest BCUT2D eigenvalue weighted by atomic mass is 10.1. The number of fused-ring (bicyclic) bond motifs is 1. The highest BCUT2D eigenvalue weighted by atomic mass is 16.2. The molecule has 0 saturated carbocycles. The van der Waals surface area contributed by atoms with E-state index in [1.165, 1.54) is 10.9 Å². The van der Waals surface area contributed by atoms with Crippen molar-refractivity contribution in [2.24, 2.45) is 0 Å². The van der Waals surface area contributed by atoms with Gasteiger partial charge in [-0.3, -0.25) is 9.59 Å². The molecule has 23 heavy (non-hydrogen) atoms. The second-order valence-electron chi connectivity index (χ2n) is 5.72. The van der Waals surface area contributed by atoms with Crippen molar-refractivity contribution in [3.8, 4) is 0 Å². The smallest absolute Gasteiger partial charge is 0.221 e. The summed E-state index contributed by atoms with van der Waals surface area (Å²) < 4.78 is 0. The molecule has 0 radical (unpaired) electrons. The molecule has 0 bridgehead atoms. The molecule has 0 unspecified atom stereocenters. The Morgan fingerprint density at radius 2 is 2.00 bits per heavy atom. The van der Waals surface area contributed by atoms with Crippen molar-refractivity contribution < 1.29 is 9.59 Å². The topological polar surface area (TPSA) is 65.2 Å². The second-order valence-corrected chi connectivity index (χ2v) is 5.72. The van der Waals surface area contributed by atoms with E-state index in [1.807, 2.05) is 31.3 Å². The predicted molar refractivity (Wildman–Crippen MR) is 92.2 cm³/mol. The first-order chi connectivity index (χ1) is 11.1. The molecule has 0 fully saturated rings. The first-order valence-electron chi connectivity index (χ1n) is 8.19. The van der Waals surface area contributed by atoms with Crippen molar-refractivity contribution >= 4 is 22.7 Å². The quantitative estimate of drug-likeness (QED) is 0.786. The number of aromatic amines is 1. The van der Waals surface area contributed by atoms with Crippen molar-refractivity contribution in [2.75, 3.05) is 19.6 Å². The summed E-state index contributed by atoms with van der Waals surface area (Å²) >= 11 is 0. The molecule has 2 rings (SSSR count). The third kappa shape index (κ3) is 4.84. The van der Waals surface area contributed by atoms with Crippen molar-refractivity contribution in [3.05, 3.63) is 36.0 Å². The van der Waals surface area contributed by atoms with Crippen LogP contribution in [0, 0.1) is 0 Å². The van der Waals surface area contributed by atoms with Gasteiger partial charge in [0.1, 0.15) is 0 Å². The lowest BCUT2D eigenvalue weighted by Gasteiger charge is -2.20. The Morgan fingerprint density at radius 1 is 1.22 bits per heavy atom. The molecule has 124 valence electrons. The van der Waals surface area contributed by atoms with Crippen LogP contribution in [0.25, 0.3) is 10.9 Å². The minimum Gasteiger partial charge on any atom is -0.361 e. The van der Waals surface area contributed by atoms with Crippen LogP contribution in [0.15, 0.2) is 30.5 Å². The number of carbonyl (C=O) groups is 2. The number of H-pyrrole nitrogens is 1. The number of hydrogen-bond acceptors (Lipinski definition) is 2. The highest BCUT2D eigenvalue weighted by Gasteiger charge is 2.12. The maximum absolute atomic E-state index is 11.8. The van der Waals surface area contributed by atoms with Crippen molar-refractivity contribution in [3.63, 3.8) is 0 Å². The van der Waals surface area contributed by atoms with Crippen molar-refractivity contribution in [2.45, 2.75) is 33.1 Å². The van der Waals surface area contributed by atoms with Crippen LogP contribution < -0.4 is 5.32 Å². The number of aromatic nitrogens is 1. The van der Waals surface area contributed by atoms with E-state index in [2.05, 4.69) is 16.4 Å². The normalized spacial score (nSPS) is 10.7. The second kappa shape index (κ2) is 8.36. The van der Waals surface area contributed by atoms with Gasteiger partial charge in [-0.15, -0.1) is 0 Å². The minimum absolute atomic E-state index is 0.00481. The van der Waals surface area contributed by atoms with E-state index in [9.17, 15) is 9.59 Å². The summed E-state index contributed by atoms with van der Waals surface area (Å²) in [7, 11) is 0. The number of rotatable bonds is 8. The summed E-state index contributed by atoms with van der Waals surface area (Å²) in [5.74, 6) is 0.0123. The number of hydrogen-bond donors (Lipinski definition) is 2. The van der Waals surface area contributed by atoms with E-state index in [-0.39, 0.29) is 11.8 Å². The third-order valence-electron chi connectivity index (χ3n) is 3.95. The van der Waals surface area contributed by atoms with Gasteiger partial charge in [-0.05, 0) is 24.5 Å². The molecule has 0 spiro atoms. The Morgan fingerprint density at radius 3 is 2.74 bits per heavy atom. The van der Waals surface area contributed by atoms with Gasteiger partial charge in [-0.25, -0.2) is 0 Å². The summed E-state index contributed by atoms with van der Waals surface area (Å²) in [5, 5.41) is 4.03. The van der Waals surface area contributed by atoms with Crippen LogP contribution >= 0.6 is 0 Å². The Balaban J connectivity index is 1.89. The van der Waals surface area contributed by atoms with Crippen LogP contribution in [-0.4, -0.2) is 41.3 Å². The molecule has 0 aliphatic carbocycles. The molecule has 1 heterocycles. The van der Waals surface area contributed by atoms with E-state index in [1.54, 1.807) is 11.8 Å². The molecular formula is C18H25N3O2. The molecule has 0 saturated heterocycles. The van der Waals surface area contributed by atoms with Crippen LogP contribution in [0.2, 0.25) is 0 Å². The average Bonchev–Trinajstić information content (AvgIpc) is 2.96. The molecule has 5 nitrogen and oxygen atoms in total. The zero-order valence-electron chi connectivity index (χ0n) is 13.9. The highest BCUT2D eigenvalue weighted by molar-refractivity contribution is 5.83. The monoisotopic (exact) mass is 315 g/mol. The maximum Gasteiger partial charge on any atom is 0.221 e. The molecule has 0 aliphatic heterocycles. The van der Waals surface area contributed by atoms with Gasteiger partial charge < -0.3 is 15.2 Å². The molecule has 2 N–H and O–H groups in total. The van der Waals surface area contributed by atoms with Gasteiger partial charge in [0.2, 0.25) is 11.8 Å².